The molecule has 0 aliphatic heterocycles. The molecule has 1 aromatic rings. The van der Waals surface area contributed by atoms with Gasteiger partial charge in [-0.1, -0.05) is 44.2 Å². The summed E-state index contributed by atoms with van der Waals surface area (Å²) < 4.78 is 0. The molecule has 1 rings (SSSR count). The van der Waals surface area contributed by atoms with Crippen LogP contribution >= 0.6 is 0 Å². The van der Waals surface area contributed by atoms with Gasteiger partial charge in [0.25, 0.3) is 0 Å². The van der Waals surface area contributed by atoms with Gasteiger partial charge in [0.15, 0.2) is 5.78 Å². The molecule has 0 aliphatic carbocycles. The van der Waals surface area contributed by atoms with Gasteiger partial charge < -0.3 is 10.2 Å². The summed E-state index contributed by atoms with van der Waals surface area (Å²) in [5.41, 5.74) is 0.778. The number of carbonyl (C=O) groups is 1. The number of Topliss-reactive ketones (excluding diaryl/α,β-unsaturated/α-hetero) is 1. The normalized spacial score (nSPS) is 12.7. The summed E-state index contributed by atoms with van der Waals surface area (Å²) in [5.74, 6) is 0.162. The van der Waals surface area contributed by atoms with Crippen LogP contribution in [0, 0.1) is 0 Å². The van der Waals surface area contributed by atoms with E-state index in [-0.39, 0.29) is 11.8 Å². The SMILES string of the molecule is CCN(CC)CCNC(C)C(=O)c1ccccc1. The van der Waals surface area contributed by atoms with Crippen molar-refractivity contribution in [2.75, 3.05) is 26.2 Å². The first-order valence-electron chi connectivity index (χ1n) is 6.74. The maximum Gasteiger partial charge on any atom is 0.179 e. The minimum absolute atomic E-state index is 0.122. The second kappa shape index (κ2) is 8.01. The highest BCUT2D eigenvalue weighted by atomic mass is 16.1. The zero-order valence-electron chi connectivity index (χ0n) is 11.6. The molecule has 1 aromatic carbocycles. The first kappa shape index (κ1) is 14.9. The van der Waals surface area contributed by atoms with Crippen LogP contribution in [-0.4, -0.2) is 42.9 Å². The summed E-state index contributed by atoms with van der Waals surface area (Å²) in [5, 5.41) is 3.29. The van der Waals surface area contributed by atoms with Gasteiger partial charge in [0.2, 0.25) is 0 Å². The van der Waals surface area contributed by atoms with Crippen molar-refractivity contribution in [2.24, 2.45) is 0 Å². The fraction of sp³-hybridized carbons (Fsp3) is 0.533. The van der Waals surface area contributed by atoms with E-state index < -0.39 is 0 Å². The summed E-state index contributed by atoms with van der Waals surface area (Å²) in [4.78, 5) is 14.4. The van der Waals surface area contributed by atoms with Crippen LogP contribution in [0.25, 0.3) is 0 Å². The van der Waals surface area contributed by atoms with Crippen LogP contribution in [-0.2, 0) is 0 Å². The van der Waals surface area contributed by atoms with Crippen LogP contribution in [0.2, 0.25) is 0 Å². The molecule has 1 atom stereocenters. The van der Waals surface area contributed by atoms with Crippen LogP contribution in [0.3, 0.4) is 0 Å². The molecule has 3 heteroatoms. The molecule has 1 unspecified atom stereocenters. The van der Waals surface area contributed by atoms with Gasteiger partial charge in [0.05, 0.1) is 6.04 Å². The van der Waals surface area contributed by atoms with E-state index in [1.54, 1.807) is 0 Å². The fourth-order valence-electron chi connectivity index (χ4n) is 1.92. The van der Waals surface area contributed by atoms with Crippen molar-refractivity contribution in [3.05, 3.63) is 35.9 Å². The van der Waals surface area contributed by atoms with E-state index in [1.165, 1.54) is 0 Å². The number of benzene rings is 1. The standard InChI is InChI=1S/C15H24N2O/c1-4-17(5-2)12-11-16-13(3)15(18)14-9-7-6-8-10-14/h6-10,13,16H,4-5,11-12H2,1-3H3. The predicted molar refractivity (Wildman–Crippen MR) is 76.0 cm³/mol. The molecule has 0 heterocycles. The maximum absolute atomic E-state index is 12.1. The highest BCUT2D eigenvalue weighted by molar-refractivity contribution is 5.99. The fourth-order valence-corrected chi connectivity index (χ4v) is 1.92. The predicted octanol–water partition coefficient (Wildman–Crippen LogP) is 2.19. The second-order valence-corrected chi connectivity index (χ2v) is 4.43. The van der Waals surface area contributed by atoms with Crippen molar-refractivity contribution in [1.82, 2.24) is 10.2 Å². The Kier molecular flexibility index (Phi) is 6.61. The van der Waals surface area contributed by atoms with E-state index in [2.05, 4.69) is 24.1 Å². The third-order valence-electron chi connectivity index (χ3n) is 3.22. The molecule has 0 fully saturated rings. The lowest BCUT2D eigenvalue weighted by atomic mass is 10.1. The maximum atomic E-state index is 12.1. The Balaban J connectivity index is 2.37. The molecule has 18 heavy (non-hydrogen) atoms. The Bertz CT molecular complexity index is 347. The third kappa shape index (κ3) is 4.59. The van der Waals surface area contributed by atoms with E-state index in [4.69, 9.17) is 0 Å². The Hall–Kier alpha value is -1.19. The lowest BCUT2D eigenvalue weighted by Crippen LogP contribution is -2.39. The minimum Gasteiger partial charge on any atom is -0.306 e. The Morgan fingerprint density at radius 2 is 1.83 bits per heavy atom. The number of nitrogens with one attached hydrogen (secondary N) is 1. The Labute approximate surface area is 110 Å². The molecule has 0 radical (unpaired) electrons. The molecule has 3 nitrogen and oxygen atoms in total. The van der Waals surface area contributed by atoms with Gasteiger partial charge in [-0.05, 0) is 20.0 Å². The molecule has 100 valence electrons. The van der Waals surface area contributed by atoms with Crippen LogP contribution < -0.4 is 5.32 Å². The lowest BCUT2D eigenvalue weighted by Gasteiger charge is -2.20. The molecule has 0 aromatic heterocycles. The van der Waals surface area contributed by atoms with Gasteiger partial charge in [-0.25, -0.2) is 0 Å². The highest BCUT2D eigenvalue weighted by Gasteiger charge is 2.13. The topological polar surface area (TPSA) is 32.3 Å². The number of ketones is 1. The van der Waals surface area contributed by atoms with E-state index in [1.807, 2.05) is 37.3 Å². The van der Waals surface area contributed by atoms with Gasteiger partial charge in [0, 0.05) is 18.7 Å². The molecule has 1 N–H and O–H groups in total. The number of hydrogen-bond donors (Lipinski definition) is 1. The summed E-state index contributed by atoms with van der Waals surface area (Å²) in [6.45, 7) is 10.2. The number of carbonyl (C=O) groups excluding carboxylic acids is 1. The molecule has 0 amide bonds. The van der Waals surface area contributed by atoms with Gasteiger partial charge in [-0.3, -0.25) is 4.79 Å². The highest BCUT2D eigenvalue weighted by Crippen LogP contribution is 2.03. The Morgan fingerprint density at radius 3 is 2.39 bits per heavy atom. The van der Waals surface area contributed by atoms with E-state index in [0.717, 1.165) is 31.7 Å². The van der Waals surface area contributed by atoms with E-state index in [0.29, 0.717) is 0 Å². The van der Waals surface area contributed by atoms with E-state index >= 15 is 0 Å². The number of rotatable bonds is 8. The Morgan fingerprint density at radius 1 is 1.22 bits per heavy atom. The smallest absolute Gasteiger partial charge is 0.179 e. The van der Waals surface area contributed by atoms with Crippen molar-refractivity contribution in [1.29, 1.82) is 0 Å². The average Bonchev–Trinajstić information content (AvgIpc) is 2.43. The molecule has 0 bridgehead atoms. The molecular formula is C15H24N2O. The molecule has 0 aliphatic rings. The van der Waals surface area contributed by atoms with Crippen molar-refractivity contribution < 1.29 is 4.79 Å². The number of nitrogens with zero attached hydrogens (tertiary/aromatic N) is 1. The first-order chi connectivity index (χ1) is 8.69. The van der Waals surface area contributed by atoms with Crippen molar-refractivity contribution in [3.63, 3.8) is 0 Å². The molecule has 0 saturated heterocycles. The van der Waals surface area contributed by atoms with Gasteiger partial charge >= 0.3 is 0 Å². The van der Waals surface area contributed by atoms with Crippen LogP contribution in [0.1, 0.15) is 31.1 Å². The third-order valence-corrected chi connectivity index (χ3v) is 3.22. The quantitative estimate of drug-likeness (QED) is 0.716. The molecule has 0 saturated carbocycles. The molecule has 0 spiro atoms. The van der Waals surface area contributed by atoms with E-state index in [9.17, 15) is 4.79 Å². The van der Waals surface area contributed by atoms with Gasteiger partial charge in [-0.2, -0.15) is 0 Å². The van der Waals surface area contributed by atoms with Crippen LogP contribution in [0.4, 0.5) is 0 Å². The van der Waals surface area contributed by atoms with Crippen molar-refractivity contribution in [2.45, 2.75) is 26.8 Å². The van der Waals surface area contributed by atoms with Crippen molar-refractivity contribution >= 4 is 5.78 Å². The van der Waals surface area contributed by atoms with Crippen LogP contribution in [0.5, 0.6) is 0 Å². The number of likely N-dealkylation sites (N-methyl/N-ethyl adjacent to an activating group) is 1. The second-order valence-electron chi connectivity index (χ2n) is 4.43. The van der Waals surface area contributed by atoms with Gasteiger partial charge in [-0.15, -0.1) is 0 Å². The summed E-state index contributed by atoms with van der Waals surface area (Å²) in [6, 6.07) is 9.33. The summed E-state index contributed by atoms with van der Waals surface area (Å²) in [7, 11) is 0. The largest absolute Gasteiger partial charge is 0.306 e. The number of hydrogen-bond acceptors (Lipinski definition) is 3. The van der Waals surface area contributed by atoms with Crippen LogP contribution in [0.15, 0.2) is 30.3 Å². The lowest BCUT2D eigenvalue weighted by molar-refractivity contribution is 0.0949. The summed E-state index contributed by atoms with van der Waals surface area (Å²) >= 11 is 0. The minimum atomic E-state index is -0.122. The van der Waals surface area contributed by atoms with Crippen molar-refractivity contribution in [3.8, 4) is 0 Å². The zero-order valence-corrected chi connectivity index (χ0v) is 11.6. The molecular weight excluding hydrogens is 224 g/mol. The monoisotopic (exact) mass is 248 g/mol. The summed E-state index contributed by atoms with van der Waals surface area (Å²) in [6.07, 6.45) is 0. The first-order valence-corrected chi connectivity index (χ1v) is 6.74. The zero-order chi connectivity index (χ0) is 13.4. The van der Waals surface area contributed by atoms with Gasteiger partial charge in [0.1, 0.15) is 0 Å². The average molecular weight is 248 g/mol.